The number of amides is 2. The predicted molar refractivity (Wildman–Crippen MR) is 86.8 cm³/mol. The molecule has 4 rings (SSSR count). The minimum Gasteiger partial charge on any atom is -0.376 e. The normalized spacial score (nSPS) is 29.3. The van der Waals surface area contributed by atoms with Crippen molar-refractivity contribution in [2.75, 3.05) is 19.7 Å². The van der Waals surface area contributed by atoms with E-state index in [4.69, 9.17) is 16.3 Å². The molecule has 3 aliphatic rings. The summed E-state index contributed by atoms with van der Waals surface area (Å²) in [5.74, 6) is -0.234. The monoisotopic (exact) mass is 352 g/mol. The summed E-state index contributed by atoms with van der Waals surface area (Å²) < 4.78 is 7.27. The summed E-state index contributed by atoms with van der Waals surface area (Å²) in [5, 5.41) is 4.50. The molecule has 0 unspecified atom stereocenters. The first-order valence-electron chi connectivity index (χ1n) is 8.48. The highest BCUT2D eigenvalue weighted by atomic mass is 35.5. The number of hydrogen-bond acceptors (Lipinski definition) is 4. The highest BCUT2D eigenvalue weighted by Crippen LogP contribution is 2.36. The van der Waals surface area contributed by atoms with Gasteiger partial charge < -0.3 is 14.5 Å². The van der Waals surface area contributed by atoms with Gasteiger partial charge in [-0.2, -0.15) is 5.10 Å². The van der Waals surface area contributed by atoms with Crippen molar-refractivity contribution < 1.29 is 14.3 Å². The highest BCUT2D eigenvalue weighted by Gasteiger charge is 2.51. The van der Waals surface area contributed by atoms with Crippen LogP contribution in [0.2, 0.25) is 5.02 Å². The van der Waals surface area contributed by atoms with Gasteiger partial charge in [0.05, 0.1) is 17.2 Å². The maximum absolute atomic E-state index is 13.1. The van der Waals surface area contributed by atoms with E-state index in [-0.39, 0.29) is 29.7 Å². The van der Waals surface area contributed by atoms with Gasteiger partial charge >= 0.3 is 0 Å². The molecule has 0 N–H and O–H groups in total. The highest BCUT2D eigenvalue weighted by molar-refractivity contribution is 6.33. The van der Waals surface area contributed by atoms with Gasteiger partial charge in [0.15, 0.2) is 5.69 Å². The topological polar surface area (TPSA) is 67.7 Å². The van der Waals surface area contributed by atoms with Crippen LogP contribution in [0.1, 0.15) is 36.2 Å². The molecule has 130 valence electrons. The zero-order chi connectivity index (χ0) is 16.8. The van der Waals surface area contributed by atoms with Crippen LogP contribution in [0.15, 0.2) is 6.20 Å². The van der Waals surface area contributed by atoms with E-state index >= 15 is 0 Å². The first kappa shape index (κ1) is 15.9. The lowest BCUT2D eigenvalue weighted by Gasteiger charge is -2.30. The first-order valence-corrected chi connectivity index (χ1v) is 8.86. The molecule has 7 nitrogen and oxygen atoms in total. The molecule has 1 aromatic heterocycles. The Kier molecular flexibility index (Phi) is 4.00. The Bertz CT molecular complexity index is 670. The van der Waals surface area contributed by atoms with E-state index in [2.05, 4.69) is 5.10 Å². The van der Waals surface area contributed by atoms with Gasteiger partial charge in [0.1, 0.15) is 6.04 Å². The molecule has 3 saturated heterocycles. The van der Waals surface area contributed by atoms with Crippen LogP contribution in [0.5, 0.6) is 0 Å². The Labute approximate surface area is 145 Å². The number of aryl methyl sites for hydroxylation is 1. The van der Waals surface area contributed by atoms with Gasteiger partial charge in [0.2, 0.25) is 5.91 Å². The molecule has 0 aliphatic carbocycles. The molecule has 0 aromatic carbocycles. The van der Waals surface area contributed by atoms with Crippen molar-refractivity contribution in [2.45, 2.75) is 43.9 Å². The number of halogens is 1. The van der Waals surface area contributed by atoms with Crippen LogP contribution in [0.3, 0.4) is 0 Å². The largest absolute Gasteiger partial charge is 0.376 e. The van der Waals surface area contributed by atoms with E-state index in [1.807, 2.05) is 4.90 Å². The van der Waals surface area contributed by atoms with E-state index in [0.717, 1.165) is 32.4 Å². The van der Waals surface area contributed by atoms with Crippen LogP contribution in [-0.2, 0) is 16.6 Å². The second kappa shape index (κ2) is 6.04. The molecule has 0 radical (unpaired) electrons. The van der Waals surface area contributed by atoms with Crippen LogP contribution < -0.4 is 0 Å². The summed E-state index contributed by atoms with van der Waals surface area (Å²) in [5.41, 5.74) is 0.214. The molecular weight excluding hydrogens is 332 g/mol. The maximum atomic E-state index is 13.1. The molecule has 3 aliphatic heterocycles. The molecular formula is C16H21ClN4O3. The number of likely N-dealkylation sites (tertiary alicyclic amines) is 2. The number of aromatic nitrogens is 2. The Hall–Kier alpha value is -1.60. The lowest BCUT2D eigenvalue weighted by molar-refractivity contribution is -0.134. The van der Waals surface area contributed by atoms with E-state index in [0.29, 0.717) is 18.1 Å². The van der Waals surface area contributed by atoms with E-state index < -0.39 is 6.04 Å². The Morgan fingerprint density at radius 3 is 2.75 bits per heavy atom. The summed E-state index contributed by atoms with van der Waals surface area (Å²) in [7, 11) is 1.72. The number of rotatable bonds is 2. The van der Waals surface area contributed by atoms with Gasteiger partial charge in [-0.25, -0.2) is 0 Å². The average molecular weight is 353 g/mol. The quantitative estimate of drug-likeness (QED) is 0.798. The molecule has 3 fully saturated rings. The zero-order valence-electron chi connectivity index (χ0n) is 13.7. The smallest absolute Gasteiger partial charge is 0.276 e. The van der Waals surface area contributed by atoms with Gasteiger partial charge in [-0.1, -0.05) is 11.6 Å². The summed E-state index contributed by atoms with van der Waals surface area (Å²) >= 11 is 6.16. The Morgan fingerprint density at radius 2 is 2.08 bits per heavy atom. The fraction of sp³-hybridized carbons (Fsp3) is 0.688. The molecule has 2 amide bonds. The van der Waals surface area contributed by atoms with Crippen LogP contribution in [0.4, 0.5) is 0 Å². The predicted octanol–water partition coefficient (Wildman–Crippen LogP) is 1.07. The van der Waals surface area contributed by atoms with E-state index in [9.17, 15) is 9.59 Å². The van der Waals surface area contributed by atoms with Gasteiger partial charge in [0.25, 0.3) is 5.91 Å². The number of nitrogens with zero attached hydrogens (tertiary/aromatic N) is 4. The first-order chi connectivity index (χ1) is 11.6. The van der Waals surface area contributed by atoms with Crippen molar-refractivity contribution in [1.82, 2.24) is 19.6 Å². The van der Waals surface area contributed by atoms with Crippen molar-refractivity contribution in [3.8, 4) is 0 Å². The maximum Gasteiger partial charge on any atom is 0.276 e. The van der Waals surface area contributed by atoms with Crippen molar-refractivity contribution in [1.29, 1.82) is 0 Å². The SMILES string of the molecule is Cn1cc(Cl)c(C(=O)N2[C@H](C(=O)N3CCCC3)C[C@@H]3OCC[C@@H]32)n1. The minimum atomic E-state index is -0.469. The van der Waals surface area contributed by atoms with Gasteiger partial charge in [0, 0.05) is 39.4 Å². The number of carbonyl (C=O) groups excluding carboxylic acids is 2. The van der Waals surface area contributed by atoms with Crippen molar-refractivity contribution in [2.24, 2.45) is 7.05 Å². The third-order valence-corrected chi connectivity index (χ3v) is 5.52. The minimum absolute atomic E-state index is 0.0332. The summed E-state index contributed by atoms with van der Waals surface area (Å²) in [4.78, 5) is 29.6. The average Bonchev–Trinajstić information content (AvgIpc) is 3.29. The summed E-state index contributed by atoms with van der Waals surface area (Å²) in [6, 6.07) is -0.531. The fourth-order valence-corrected chi connectivity index (χ4v) is 4.39. The molecule has 24 heavy (non-hydrogen) atoms. The van der Waals surface area contributed by atoms with Crippen LogP contribution in [0.25, 0.3) is 0 Å². The number of hydrogen-bond donors (Lipinski definition) is 0. The molecule has 0 spiro atoms. The summed E-state index contributed by atoms with van der Waals surface area (Å²) in [6.07, 6.45) is 4.92. The lowest BCUT2D eigenvalue weighted by atomic mass is 10.1. The Balaban J connectivity index is 1.64. The van der Waals surface area contributed by atoms with Crippen LogP contribution in [0, 0.1) is 0 Å². The molecule has 0 bridgehead atoms. The Morgan fingerprint density at radius 1 is 1.33 bits per heavy atom. The molecule has 8 heteroatoms. The number of ether oxygens (including phenoxy) is 1. The fourth-order valence-electron chi connectivity index (χ4n) is 4.13. The van der Waals surface area contributed by atoms with Crippen molar-refractivity contribution in [3.05, 3.63) is 16.9 Å². The third kappa shape index (κ3) is 2.50. The zero-order valence-corrected chi connectivity index (χ0v) is 14.4. The van der Waals surface area contributed by atoms with Crippen molar-refractivity contribution >= 4 is 23.4 Å². The molecule has 0 saturated carbocycles. The van der Waals surface area contributed by atoms with Crippen LogP contribution >= 0.6 is 11.6 Å². The number of fused-ring (bicyclic) bond motifs is 1. The standard InChI is InChI=1S/C16H21ClN4O3/c1-19-9-10(17)14(18-19)16(23)21-11-4-7-24-13(11)8-12(21)15(22)20-5-2-3-6-20/h9,11-13H,2-8H2,1H3/t11-,12-,13-/m0/s1. The lowest BCUT2D eigenvalue weighted by Crippen LogP contribution is -2.50. The van der Waals surface area contributed by atoms with Gasteiger partial charge in [-0.05, 0) is 19.3 Å². The summed E-state index contributed by atoms with van der Waals surface area (Å²) in [6.45, 7) is 2.18. The van der Waals surface area contributed by atoms with Crippen LogP contribution in [-0.4, -0.2) is 69.3 Å². The second-order valence-electron chi connectivity index (χ2n) is 6.76. The molecule has 1 aromatic rings. The van der Waals surface area contributed by atoms with Crippen molar-refractivity contribution in [3.63, 3.8) is 0 Å². The third-order valence-electron chi connectivity index (χ3n) is 5.25. The molecule has 3 atom stereocenters. The van der Waals surface area contributed by atoms with Gasteiger partial charge in [-0.3, -0.25) is 14.3 Å². The molecule has 4 heterocycles. The van der Waals surface area contributed by atoms with E-state index in [1.54, 1.807) is 18.1 Å². The second-order valence-corrected chi connectivity index (χ2v) is 7.17. The van der Waals surface area contributed by atoms with Gasteiger partial charge in [-0.15, -0.1) is 0 Å². The number of carbonyl (C=O) groups is 2. The van der Waals surface area contributed by atoms with E-state index in [1.165, 1.54) is 4.68 Å².